The molecule has 4 nitrogen and oxygen atoms in total. The molecule has 0 spiro atoms. The van der Waals surface area contributed by atoms with Crippen molar-refractivity contribution in [2.75, 3.05) is 13.6 Å². The Labute approximate surface area is 135 Å². The van der Waals surface area contributed by atoms with Crippen LogP contribution in [0, 0.1) is 13.8 Å². The SMILES string of the molecule is Cc1nc2c(s1)CCC[C@@H]2CN(C)C(=O)c1ccc(C)n1C. The van der Waals surface area contributed by atoms with Crippen molar-refractivity contribution in [3.63, 3.8) is 0 Å². The van der Waals surface area contributed by atoms with E-state index in [1.54, 1.807) is 0 Å². The quantitative estimate of drug-likeness (QED) is 0.871. The first kappa shape index (κ1) is 15.3. The molecule has 118 valence electrons. The number of aromatic nitrogens is 2. The molecule has 1 amide bonds. The fourth-order valence-corrected chi connectivity index (χ4v) is 4.31. The third-order valence-electron chi connectivity index (χ3n) is 4.61. The van der Waals surface area contributed by atoms with Crippen molar-refractivity contribution in [1.29, 1.82) is 0 Å². The standard InChI is InChI=1S/C17H23N3OS/c1-11-8-9-14(20(11)4)17(21)19(3)10-13-6-5-7-15-16(13)18-12(2)22-15/h8-9,13H,5-7,10H2,1-4H3/t13-/m1/s1. The second-order valence-corrected chi connectivity index (χ2v) is 7.52. The van der Waals surface area contributed by atoms with Crippen LogP contribution in [0.25, 0.3) is 0 Å². The maximum Gasteiger partial charge on any atom is 0.270 e. The van der Waals surface area contributed by atoms with Crippen LogP contribution in [-0.4, -0.2) is 34.0 Å². The number of hydrogen-bond donors (Lipinski definition) is 0. The molecule has 0 fully saturated rings. The maximum atomic E-state index is 12.7. The molecule has 1 atom stereocenters. The summed E-state index contributed by atoms with van der Waals surface area (Å²) >= 11 is 1.81. The van der Waals surface area contributed by atoms with Gasteiger partial charge in [0.25, 0.3) is 5.91 Å². The lowest BCUT2D eigenvalue weighted by atomic mass is 9.90. The first-order chi connectivity index (χ1) is 10.5. The van der Waals surface area contributed by atoms with Crippen molar-refractivity contribution < 1.29 is 4.79 Å². The molecule has 1 aliphatic carbocycles. The van der Waals surface area contributed by atoms with Crippen molar-refractivity contribution in [2.45, 2.75) is 39.0 Å². The summed E-state index contributed by atoms with van der Waals surface area (Å²) in [5.41, 5.74) is 3.09. The molecule has 0 saturated heterocycles. The largest absolute Gasteiger partial charge is 0.344 e. The Morgan fingerprint density at radius 3 is 2.91 bits per heavy atom. The second kappa shape index (κ2) is 5.88. The summed E-state index contributed by atoms with van der Waals surface area (Å²) in [6.45, 7) is 4.84. The molecule has 5 heteroatoms. The lowest BCUT2D eigenvalue weighted by Crippen LogP contribution is -2.33. The van der Waals surface area contributed by atoms with Gasteiger partial charge in [-0.05, 0) is 45.2 Å². The molecule has 2 aromatic heterocycles. The molecule has 2 aromatic rings. The number of aryl methyl sites for hydroxylation is 3. The van der Waals surface area contributed by atoms with Crippen molar-refractivity contribution in [3.8, 4) is 0 Å². The number of likely N-dealkylation sites (N-methyl/N-ethyl adjacent to an activating group) is 1. The van der Waals surface area contributed by atoms with Crippen LogP contribution < -0.4 is 0 Å². The number of thiazole rings is 1. The number of carbonyl (C=O) groups excluding carboxylic acids is 1. The third-order valence-corrected chi connectivity index (χ3v) is 5.66. The zero-order valence-corrected chi connectivity index (χ0v) is 14.5. The van der Waals surface area contributed by atoms with Crippen molar-refractivity contribution in [2.24, 2.45) is 7.05 Å². The third kappa shape index (κ3) is 2.70. The van der Waals surface area contributed by atoms with Crippen LogP contribution in [0.15, 0.2) is 12.1 Å². The van der Waals surface area contributed by atoms with E-state index in [1.807, 2.05) is 54.0 Å². The minimum atomic E-state index is 0.0923. The maximum absolute atomic E-state index is 12.7. The molecular formula is C17H23N3OS. The zero-order chi connectivity index (χ0) is 15.9. The van der Waals surface area contributed by atoms with Crippen LogP contribution in [0.3, 0.4) is 0 Å². The number of nitrogens with zero attached hydrogens (tertiary/aromatic N) is 3. The Bertz CT molecular complexity index is 701. The molecule has 0 radical (unpaired) electrons. The lowest BCUT2D eigenvalue weighted by molar-refractivity contribution is 0.0773. The van der Waals surface area contributed by atoms with E-state index in [-0.39, 0.29) is 5.91 Å². The van der Waals surface area contributed by atoms with Gasteiger partial charge in [-0.15, -0.1) is 11.3 Å². The van der Waals surface area contributed by atoms with E-state index >= 15 is 0 Å². The van der Waals surface area contributed by atoms with Gasteiger partial charge < -0.3 is 9.47 Å². The van der Waals surface area contributed by atoms with Crippen molar-refractivity contribution in [3.05, 3.63) is 39.1 Å². The van der Waals surface area contributed by atoms with Crippen molar-refractivity contribution in [1.82, 2.24) is 14.5 Å². The highest BCUT2D eigenvalue weighted by Crippen LogP contribution is 2.35. The summed E-state index contributed by atoms with van der Waals surface area (Å²) in [6.07, 6.45) is 3.47. The minimum Gasteiger partial charge on any atom is -0.344 e. The van der Waals surface area contributed by atoms with Crippen LogP contribution in [-0.2, 0) is 13.5 Å². The van der Waals surface area contributed by atoms with Gasteiger partial charge >= 0.3 is 0 Å². The molecule has 0 bridgehead atoms. The van der Waals surface area contributed by atoms with Gasteiger partial charge in [-0.25, -0.2) is 4.98 Å². The molecule has 0 saturated carbocycles. The Hall–Kier alpha value is -1.62. The van der Waals surface area contributed by atoms with Crippen LogP contribution in [0.2, 0.25) is 0 Å². The molecule has 0 aliphatic heterocycles. The summed E-state index contributed by atoms with van der Waals surface area (Å²) in [7, 11) is 3.84. The van der Waals surface area contributed by atoms with Crippen LogP contribution in [0.4, 0.5) is 0 Å². The Balaban J connectivity index is 1.76. The van der Waals surface area contributed by atoms with Crippen LogP contribution >= 0.6 is 11.3 Å². The summed E-state index contributed by atoms with van der Waals surface area (Å²) < 4.78 is 1.96. The Morgan fingerprint density at radius 2 is 2.23 bits per heavy atom. The number of fused-ring (bicyclic) bond motifs is 1. The fraction of sp³-hybridized carbons (Fsp3) is 0.529. The first-order valence-corrected chi connectivity index (χ1v) is 8.63. The Morgan fingerprint density at radius 1 is 1.45 bits per heavy atom. The highest BCUT2D eigenvalue weighted by Gasteiger charge is 2.27. The van der Waals surface area contributed by atoms with Gasteiger partial charge in [0.05, 0.1) is 10.7 Å². The van der Waals surface area contributed by atoms with E-state index in [2.05, 4.69) is 6.92 Å². The van der Waals surface area contributed by atoms with E-state index in [4.69, 9.17) is 4.98 Å². The molecule has 3 rings (SSSR count). The predicted molar refractivity (Wildman–Crippen MR) is 89.6 cm³/mol. The molecule has 22 heavy (non-hydrogen) atoms. The number of rotatable bonds is 3. The summed E-state index contributed by atoms with van der Waals surface area (Å²) in [6, 6.07) is 3.90. The van der Waals surface area contributed by atoms with E-state index in [1.165, 1.54) is 17.0 Å². The molecule has 0 unspecified atom stereocenters. The van der Waals surface area contributed by atoms with E-state index in [0.29, 0.717) is 5.92 Å². The van der Waals surface area contributed by atoms with Gasteiger partial charge in [0.1, 0.15) is 5.69 Å². The number of hydrogen-bond acceptors (Lipinski definition) is 3. The monoisotopic (exact) mass is 317 g/mol. The number of amides is 1. The summed E-state index contributed by atoms with van der Waals surface area (Å²) in [5, 5.41) is 1.14. The highest BCUT2D eigenvalue weighted by molar-refractivity contribution is 7.11. The van der Waals surface area contributed by atoms with E-state index < -0.39 is 0 Å². The second-order valence-electron chi connectivity index (χ2n) is 6.24. The number of carbonyl (C=O) groups is 1. The van der Waals surface area contributed by atoms with Gasteiger partial charge in [0, 0.05) is 37.1 Å². The fourth-order valence-electron chi connectivity index (χ4n) is 3.24. The van der Waals surface area contributed by atoms with E-state index in [0.717, 1.165) is 35.8 Å². The smallest absolute Gasteiger partial charge is 0.270 e. The predicted octanol–water partition coefficient (Wildman–Crippen LogP) is 3.29. The van der Waals surface area contributed by atoms with Gasteiger partial charge in [0.15, 0.2) is 0 Å². The molecular weight excluding hydrogens is 294 g/mol. The Kier molecular flexibility index (Phi) is 4.08. The van der Waals surface area contributed by atoms with Gasteiger partial charge in [-0.3, -0.25) is 4.79 Å². The normalized spacial score (nSPS) is 17.4. The summed E-state index contributed by atoms with van der Waals surface area (Å²) in [4.78, 5) is 20.6. The van der Waals surface area contributed by atoms with Crippen molar-refractivity contribution >= 4 is 17.2 Å². The molecule has 2 heterocycles. The van der Waals surface area contributed by atoms with Gasteiger partial charge in [-0.2, -0.15) is 0 Å². The first-order valence-electron chi connectivity index (χ1n) is 7.81. The average Bonchev–Trinajstić information content (AvgIpc) is 3.02. The topological polar surface area (TPSA) is 38.1 Å². The summed E-state index contributed by atoms with van der Waals surface area (Å²) in [5.74, 6) is 0.471. The van der Waals surface area contributed by atoms with Gasteiger partial charge in [-0.1, -0.05) is 0 Å². The van der Waals surface area contributed by atoms with Gasteiger partial charge in [0.2, 0.25) is 0 Å². The van der Waals surface area contributed by atoms with E-state index in [9.17, 15) is 4.79 Å². The highest BCUT2D eigenvalue weighted by atomic mass is 32.1. The molecule has 0 N–H and O–H groups in total. The minimum absolute atomic E-state index is 0.0923. The van der Waals surface area contributed by atoms with Crippen LogP contribution in [0.1, 0.15) is 50.5 Å². The van der Waals surface area contributed by atoms with Crippen LogP contribution in [0.5, 0.6) is 0 Å². The molecule has 1 aliphatic rings. The lowest BCUT2D eigenvalue weighted by Gasteiger charge is -2.26. The zero-order valence-electron chi connectivity index (χ0n) is 13.7. The average molecular weight is 317 g/mol. The molecule has 0 aromatic carbocycles.